The lowest BCUT2D eigenvalue weighted by Crippen LogP contribution is -2.04. The Hall–Kier alpha value is -0.0900. The second-order valence-corrected chi connectivity index (χ2v) is 6.06. The molecule has 0 bridgehead atoms. The van der Waals surface area contributed by atoms with Crippen LogP contribution in [0.15, 0.2) is 11.1 Å². The van der Waals surface area contributed by atoms with Crippen LogP contribution >= 0.6 is 33.3 Å². The van der Waals surface area contributed by atoms with Crippen molar-refractivity contribution in [2.45, 2.75) is 11.5 Å². The molecule has 0 unspecified atom stereocenters. The van der Waals surface area contributed by atoms with E-state index < -0.39 is 32.0 Å². The van der Waals surface area contributed by atoms with Crippen molar-refractivity contribution in [3.05, 3.63) is 21.1 Å². The molecular weight excluding hydrogens is 369 g/mol. The Bertz CT molecular complexity index is 493. The Labute approximate surface area is 101 Å². The predicted octanol–water partition coefficient (Wildman–Crippen LogP) is 2.69. The minimum absolute atomic E-state index is 0.280. The molecule has 1 rings (SSSR count). The molecule has 0 N–H and O–H groups in total. The molecule has 1 aromatic heterocycles. The molecule has 0 saturated heterocycles. The second-order valence-electron chi connectivity index (χ2n) is 2.38. The lowest BCUT2D eigenvalue weighted by Gasteiger charge is -2.04. The van der Waals surface area contributed by atoms with Gasteiger partial charge in [0.2, 0.25) is 0 Å². The fourth-order valence-electron chi connectivity index (χ4n) is 0.764. The number of alkyl halides is 2. The van der Waals surface area contributed by atoms with Gasteiger partial charge in [-0.25, -0.2) is 26.6 Å². The van der Waals surface area contributed by atoms with Crippen LogP contribution in [0.3, 0.4) is 0 Å². The lowest BCUT2D eigenvalue weighted by molar-refractivity contribution is 0.139. The summed E-state index contributed by atoms with van der Waals surface area (Å²) in [5, 5.41) is -0.787. The summed E-state index contributed by atoms with van der Waals surface area (Å²) in [6, 6.07) is 0.782. The minimum Gasteiger partial charge on any atom is -0.231 e. The molecule has 0 radical (unpaired) electrons. The zero-order valence-corrected chi connectivity index (χ0v) is 10.4. The average molecular weight is 372 g/mol. The molecule has 9 heteroatoms. The molecule has 0 atom stereocenters. The quantitative estimate of drug-likeness (QED) is 0.593. The maximum Gasteiger partial charge on any atom is 0.283 e. The summed E-state index contributed by atoms with van der Waals surface area (Å²) in [6.07, 6.45) is -3.20. The van der Waals surface area contributed by atoms with Gasteiger partial charge in [-0.15, -0.1) is 0 Å². The molecule has 84 valence electrons. The van der Waals surface area contributed by atoms with E-state index in [0.717, 1.165) is 6.07 Å². The molecule has 3 nitrogen and oxygen atoms in total. The maximum atomic E-state index is 13.0. The van der Waals surface area contributed by atoms with E-state index in [-0.39, 0.29) is 3.57 Å². The predicted molar refractivity (Wildman–Crippen MR) is 54.9 cm³/mol. The van der Waals surface area contributed by atoms with E-state index in [1.54, 1.807) is 0 Å². The van der Waals surface area contributed by atoms with E-state index in [1.807, 2.05) is 0 Å². The van der Waals surface area contributed by atoms with Gasteiger partial charge < -0.3 is 0 Å². The maximum absolute atomic E-state index is 13.0. The van der Waals surface area contributed by atoms with E-state index in [9.17, 15) is 21.6 Å². The van der Waals surface area contributed by atoms with Crippen molar-refractivity contribution in [2.24, 2.45) is 0 Å². The third-order valence-corrected chi connectivity index (χ3v) is 3.34. The van der Waals surface area contributed by atoms with Crippen molar-refractivity contribution < 1.29 is 21.6 Å². The van der Waals surface area contributed by atoms with Gasteiger partial charge >= 0.3 is 0 Å². The smallest absolute Gasteiger partial charge is 0.231 e. The van der Waals surface area contributed by atoms with Gasteiger partial charge in [0, 0.05) is 10.7 Å². The van der Waals surface area contributed by atoms with Crippen LogP contribution in [0.1, 0.15) is 12.1 Å². The minimum atomic E-state index is -4.24. The number of nitrogens with zero attached hydrogens (tertiary/aromatic N) is 1. The number of hydrogen-bond donors (Lipinski definition) is 0. The van der Waals surface area contributed by atoms with Crippen molar-refractivity contribution >= 4 is 42.3 Å². The summed E-state index contributed by atoms with van der Waals surface area (Å²) in [7, 11) is 0.657. The number of pyridine rings is 1. The molecule has 1 heterocycles. The fourth-order valence-corrected chi connectivity index (χ4v) is 2.25. The topological polar surface area (TPSA) is 47.0 Å². The third kappa shape index (κ3) is 2.94. The molecule has 0 spiro atoms. The number of halogens is 5. The number of rotatable bonds is 2. The van der Waals surface area contributed by atoms with Crippen LogP contribution in [0.5, 0.6) is 0 Å². The van der Waals surface area contributed by atoms with Crippen LogP contribution in [0, 0.1) is 9.39 Å². The highest BCUT2D eigenvalue weighted by molar-refractivity contribution is 14.1. The Morgan fingerprint density at radius 2 is 2.00 bits per heavy atom. The van der Waals surface area contributed by atoms with Crippen LogP contribution in [0.25, 0.3) is 0 Å². The molecule has 0 aliphatic rings. The normalized spacial score (nSPS) is 12.1. The van der Waals surface area contributed by atoms with Gasteiger partial charge in [-0.05, 0) is 28.7 Å². The number of hydrogen-bond acceptors (Lipinski definition) is 3. The monoisotopic (exact) mass is 371 g/mol. The van der Waals surface area contributed by atoms with Crippen molar-refractivity contribution in [3.63, 3.8) is 0 Å². The van der Waals surface area contributed by atoms with Crippen molar-refractivity contribution in [1.29, 1.82) is 0 Å². The molecule has 0 aliphatic carbocycles. The van der Waals surface area contributed by atoms with Crippen LogP contribution < -0.4 is 0 Å². The lowest BCUT2D eigenvalue weighted by atomic mass is 10.3. The molecule has 0 aromatic carbocycles. The fraction of sp³-hybridized carbons (Fsp3) is 0.167. The standard InChI is InChI=1S/C6H2ClF3INO2S/c7-15(13,14)3-1-2(11)4(8)5(12-3)6(9)10/h1,6H. The summed E-state index contributed by atoms with van der Waals surface area (Å²) in [6.45, 7) is 0. The first-order valence-electron chi connectivity index (χ1n) is 3.32. The highest BCUT2D eigenvalue weighted by Crippen LogP contribution is 2.26. The third-order valence-electron chi connectivity index (χ3n) is 1.37. The molecular formula is C6H2ClF3INO2S. The zero-order valence-electron chi connectivity index (χ0n) is 6.72. The molecule has 0 amide bonds. The van der Waals surface area contributed by atoms with Gasteiger partial charge in [-0.2, -0.15) is 0 Å². The van der Waals surface area contributed by atoms with Crippen LogP contribution in [-0.4, -0.2) is 13.4 Å². The van der Waals surface area contributed by atoms with Crippen LogP contribution in [0.4, 0.5) is 13.2 Å². The van der Waals surface area contributed by atoms with Crippen molar-refractivity contribution in [1.82, 2.24) is 4.98 Å². The molecule has 0 aliphatic heterocycles. The zero-order chi connectivity index (χ0) is 11.8. The summed E-state index contributed by atoms with van der Waals surface area (Å²) in [5.74, 6) is -1.24. The van der Waals surface area contributed by atoms with Gasteiger partial charge in [0.15, 0.2) is 10.8 Å². The van der Waals surface area contributed by atoms with E-state index in [2.05, 4.69) is 4.98 Å². The Kier molecular flexibility index (Phi) is 3.82. The van der Waals surface area contributed by atoms with Gasteiger partial charge in [0.25, 0.3) is 15.5 Å². The first-order chi connectivity index (χ1) is 6.73. The molecule has 15 heavy (non-hydrogen) atoms. The summed E-state index contributed by atoms with van der Waals surface area (Å²) < 4.78 is 58.8. The Morgan fingerprint density at radius 3 is 2.40 bits per heavy atom. The van der Waals surface area contributed by atoms with E-state index in [1.165, 1.54) is 22.6 Å². The SMILES string of the molecule is O=S(=O)(Cl)c1cc(I)c(F)c(C(F)F)n1. The average Bonchev–Trinajstić information content (AvgIpc) is 2.06. The summed E-state index contributed by atoms with van der Waals surface area (Å²) >= 11 is 1.38. The van der Waals surface area contributed by atoms with Crippen LogP contribution in [0.2, 0.25) is 0 Å². The molecule has 0 fully saturated rings. The van der Waals surface area contributed by atoms with E-state index in [0.29, 0.717) is 0 Å². The number of aromatic nitrogens is 1. The molecule has 0 saturated carbocycles. The highest BCUT2D eigenvalue weighted by Gasteiger charge is 2.23. The molecule has 1 aromatic rings. The summed E-state index contributed by atoms with van der Waals surface area (Å²) in [5.41, 5.74) is -1.22. The van der Waals surface area contributed by atoms with E-state index >= 15 is 0 Å². The first-order valence-corrected chi connectivity index (χ1v) is 6.71. The second kappa shape index (κ2) is 4.42. The van der Waals surface area contributed by atoms with Gasteiger partial charge in [-0.1, -0.05) is 0 Å². The Balaban J connectivity index is 3.50. The largest absolute Gasteiger partial charge is 0.283 e. The van der Waals surface area contributed by atoms with Gasteiger partial charge in [0.05, 0.1) is 3.57 Å². The van der Waals surface area contributed by atoms with Crippen LogP contribution in [-0.2, 0) is 9.05 Å². The van der Waals surface area contributed by atoms with Crippen molar-refractivity contribution in [3.8, 4) is 0 Å². The van der Waals surface area contributed by atoms with Gasteiger partial charge in [0.1, 0.15) is 5.69 Å². The van der Waals surface area contributed by atoms with E-state index in [4.69, 9.17) is 10.7 Å². The highest BCUT2D eigenvalue weighted by atomic mass is 127. The van der Waals surface area contributed by atoms with Crippen molar-refractivity contribution in [2.75, 3.05) is 0 Å². The summed E-state index contributed by atoms with van der Waals surface area (Å²) in [4.78, 5) is 2.95. The first kappa shape index (κ1) is 13.0. The van der Waals surface area contributed by atoms with Gasteiger partial charge in [-0.3, -0.25) is 0 Å². The Morgan fingerprint density at radius 1 is 1.47 bits per heavy atom.